The molecule has 1 aromatic carbocycles. The van der Waals surface area contributed by atoms with E-state index in [9.17, 15) is 8.42 Å². The highest BCUT2D eigenvalue weighted by atomic mass is 32.2. The molecule has 1 unspecified atom stereocenters. The van der Waals surface area contributed by atoms with Gasteiger partial charge in [-0.15, -0.1) is 0 Å². The van der Waals surface area contributed by atoms with Gasteiger partial charge in [-0.3, -0.25) is 4.18 Å². The third kappa shape index (κ3) is 7.27. The van der Waals surface area contributed by atoms with Gasteiger partial charge < -0.3 is 4.74 Å². The van der Waals surface area contributed by atoms with Gasteiger partial charge in [0, 0.05) is 11.5 Å². The number of hydrogen-bond donors (Lipinski definition) is 0. The second-order valence-electron chi connectivity index (χ2n) is 9.18. The highest BCUT2D eigenvalue weighted by Gasteiger charge is 2.41. The Morgan fingerprint density at radius 2 is 1.90 bits per heavy atom. The third-order valence-corrected chi connectivity index (χ3v) is 7.03. The summed E-state index contributed by atoms with van der Waals surface area (Å²) in [5.41, 5.74) is 9.54. The number of aryl methyl sites for hydroxylation is 1. The van der Waals surface area contributed by atoms with Crippen molar-refractivity contribution in [1.82, 2.24) is 0 Å². The summed E-state index contributed by atoms with van der Waals surface area (Å²) < 4.78 is 35.7. The number of benzene rings is 1. The Balaban J connectivity index is 1.89. The number of azide groups is 1. The third-order valence-electron chi connectivity index (χ3n) is 5.70. The fourth-order valence-corrected chi connectivity index (χ4v) is 5.11. The molecule has 0 radical (unpaired) electrons. The van der Waals surface area contributed by atoms with Crippen molar-refractivity contribution in [3.05, 3.63) is 40.3 Å². The molecule has 0 N–H and O–H groups in total. The maximum atomic E-state index is 12.3. The summed E-state index contributed by atoms with van der Waals surface area (Å²) in [7, 11) is -3.77. The van der Waals surface area contributed by atoms with Gasteiger partial charge >= 0.3 is 0 Å². The van der Waals surface area contributed by atoms with Crippen LogP contribution in [0.2, 0.25) is 0 Å². The molecule has 168 valence electrons. The van der Waals surface area contributed by atoms with Gasteiger partial charge in [0.1, 0.15) is 0 Å². The van der Waals surface area contributed by atoms with E-state index >= 15 is 0 Å². The first kappa shape index (κ1) is 24.7. The lowest BCUT2D eigenvalue weighted by Crippen LogP contribution is -2.31. The van der Waals surface area contributed by atoms with Crippen molar-refractivity contribution >= 4 is 10.1 Å². The van der Waals surface area contributed by atoms with Crippen LogP contribution in [-0.2, 0) is 19.0 Å². The van der Waals surface area contributed by atoms with Crippen molar-refractivity contribution in [2.45, 2.75) is 88.7 Å². The second-order valence-corrected chi connectivity index (χ2v) is 10.8. The van der Waals surface area contributed by atoms with E-state index in [1.165, 1.54) is 0 Å². The molecule has 8 heteroatoms. The summed E-state index contributed by atoms with van der Waals surface area (Å²) in [6.45, 7) is 8.79. The van der Waals surface area contributed by atoms with Crippen LogP contribution in [0.1, 0.15) is 71.3 Å². The molecule has 1 saturated carbocycles. The van der Waals surface area contributed by atoms with E-state index in [1.807, 2.05) is 27.7 Å². The first-order valence-electron chi connectivity index (χ1n) is 10.7. The zero-order valence-electron chi connectivity index (χ0n) is 18.6. The van der Waals surface area contributed by atoms with Gasteiger partial charge in [-0.25, -0.2) is 0 Å². The number of ether oxygens (including phenoxy) is 1. The predicted molar refractivity (Wildman–Crippen MR) is 118 cm³/mol. The monoisotopic (exact) mass is 437 g/mol. The average Bonchev–Trinajstić information content (AvgIpc) is 3.05. The standard InChI is InChI=1S/C22H35N3O4S/c1-18-10-12-20(13-11-18)30(26,27)29-17-7-15-22(24-25-23)14-5-8-19(22)9-6-16-28-21(2,3)4/h10-13,19H,5-9,14-17H2,1-4H3/t19-,22?/m1/s1. The van der Waals surface area contributed by atoms with Crippen molar-refractivity contribution in [1.29, 1.82) is 0 Å². The van der Waals surface area contributed by atoms with Crippen molar-refractivity contribution in [3.8, 4) is 0 Å². The molecule has 0 spiro atoms. The molecule has 0 amide bonds. The summed E-state index contributed by atoms with van der Waals surface area (Å²) in [5, 5.41) is 4.20. The van der Waals surface area contributed by atoms with E-state index in [0.29, 0.717) is 25.4 Å². The maximum Gasteiger partial charge on any atom is 0.296 e. The minimum absolute atomic E-state index is 0.0821. The van der Waals surface area contributed by atoms with E-state index in [2.05, 4.69) is 10.0 Å². The van der Waals surface area contributed by atoms with Gasteiger partial charge in [-0.1, -0.05) is 29.2 Å². The van der Waals surface area contributed by atoms with Gasteiger partial charge in [0.15, 0.2) is 0 Å². The van der Waals surface area contributed by atoms with Crippen LogP contribution >= 0.6 is 0 Å². The largest absolute Gasteiger partial charge is 0.376 e. The molecular weight excluding hydrogens is 402 g/mol. The molecule has 1 aliphatic carbocycles. The summed E-state index contributed by atoms with van der Waals surface area (Å²) in [6, 6.07) is 6.61. The Morgan fingerprint density at radius 3 is 2.53 bits per heavy atom. The first-order chi connectivity index (χ1) is 14.1. The predicted octanol–water partition coefficient (Wildman–Crippen LogP) is 5.93. The number of rotatable bonds is 11. The van der Waals surface area contributed by atoms with Gasteiger partial charge in [-0.2, -0.15) is 8.42 Å². The summed E-state index contributed by atoms with van der Waals surface area (Å²) in [4.78, 5) is 3.29. The van der Waals surface area contributed by atoms with Gasteiger partial charge in [0.25, 0.3) is 10.1 Å². The van der Waals surface area contributed by atoms with Crippen LogP contribution in [0.25, 0.3) is 10.4 Å². The summed E-state index contributed by atoms with van der Waals surface area (Å²) in [6.07, 6.45) is 5.90. The molecule has 2 rings (SSSR count). The molecule has 0 saturated heterocycles. The minimum atomic E-state index is -3.77. The van der Waals surface area contributed by atoms with Crippen LogP contribution in [0, 0.1) is 12.8 Å². The topological polar surface area (TPSA) is 101 Å². The Bertz CT molecular complexity index is 827. The molecule has 1 aromatic rings. The zero-order valence-corrected chi connectivity index (χ0v) is 19.5. The smallest absolute Gasteiger partial charge is 0.296 e. The second kappa shape index (κ2) is 10.6. The SMILES string of the molecule is Cc1ccc(S(=O)(=O)OCCCC2(N=[N+]=[N-])CCC[C@@H]2CCCOC(C)(C)C)cc1. The molecular formula is C22H35N3O4S. The van der Waals surface area contributed by atoms with Crippen LogP contribution in [0.3, 0.4) is 0 Å². The Labute approximate surface area is 180 Å². The van der Waals surface area contributed by atoms with E-state index in [4.69, 9.17) is 14.5 Å². The number of nitrogens with zero attached hydrogens (tertiary/aromatic N) is 3. The van der Waals surface area contributed by atoms with E-state index in [0.717, 1.165) is 37.7 Å². The Hall–Kier alpha value is -1.60. The van der Waals surface area contributed by atoms with Crippen LogP contribution in [-0.4, -0.2) is 32.8 Å². The Kier molecular flexibility index (Phi) is 8.73. The maximum absolute atomic E-state index is 12.3. The van der Waals surface area contributed by atoms with Crippen LogP contribution < -0.4 is 0 Å². The van der Waals surface area contributed by atoms with Crippen molar-refractivity contribution in [2.75, 3.05) is 13.2 Å². The van der Waals surface area contributed by atoms with Crippen molar-refractivity contribution < 1.29 is 17.3 Å². The molecule has 1 aliphatic rings. The van der Waals surface area contributed by atoms with E-state index in [-0.39, 0.29) is 17.1 Å². The lowest BCUT2D eigenvalue weighted by molar-refractivity contribution is -0.00672. The van der Waals surface area contributed by atoms with Crippen LogP contribution in [0.15, 0.2) is 34.3 Å². The Morgan fingerprint density at radius 1 is 1.20 bits per heavy atom. The fourth-order valence-electron chi connectivity index (χ4n) is 4.17. The van der Waals surface area contributed by atoms with E-state index in [1.54, 1.807) is 24.3 Å². The molecule has 0 aromatic heterocycles. The van der Waals surface area contributed by atoms with Gasteiger partial charge in [0.05, 0.1) is 22.6 Å². The zero-order chi connectivity index (χ0) is 22.3. The first-order valence-corrected chi connectivity index (χ1v) is 12.2. The summed E-state index contributed by atoms with van der Waals surface area (Å²) in [5.74, 6) is 0.297. The van der Waals surface area contributed by atoms with E-state index < -0.39 is 15.7 Å². The molecule has 0 bridgehead atoms. The average molecular weight is 438 g/mol. The molecule has 0 heterocycles. The summed E-state index contributed by atoms with van der Waals surface area (Å²) >= 11 is 0. The van der Waals surface area contributed by atoms with Crippen LogP contribution in [0.4, 0.5) is 0 Å². The normalized spacial score (nSPS) is 22.1. The van der Waals surface area contributed by atoms with Gasteiger partial charge in [0.2, 0.25) is 0 Å². The van der Waals surface area contributed by atoms with Gasteiger partial charge in [-0.05, 0) is 89.8 Å². The number of hydrogen-bond acceptors (Lipinski definition) is 5. The lowest BCUT2D eigenvalue weighted by Gasteiger charge is -2.31. The van der Waals surface area contributed by atoms with Crippen LogP contribution in [0.5, 0.6) is 0 Å². The molecule has 1 fully saturated rings. The fraction of sp³-hybridized carbons (Fsp3) is 0.727. The minimum Gasteiger partial charge on any atom is -0.376 e. The van der Waals surface area contributed by atoms with Crippen molar-refractivity contribution in [3.63, 3.8) is 0 Å². The molecule has 30 heavy (non-hydrogen) atoms. The van der Waals surface area contributed by atoms with Crippen molar-refractivity contribution in [2.24, 2.45) is 11.0 Å². The molecule has 2 atom stereocenters. The molecule has 7 nitrogen and oxygen atoms in total. The lowest BCUT2D eigenvalue weighted by atomic mass is 9.81. The quantitative estimate of drug-likeness (QED) is 0.141. The highest BCUT2D eigenvalue weighted by Crippen LogP contribution is 2.45. The molecule has 0 aliphatic heterocycles. The highest BCUT2D eigenvalue weighted by molar-refractivity contribution is 7.86.